The summed E-state index contributed by atoms with van der Waals surface area (Å²) in [6.45, 7) is 13.2. The van der Waals surface area contributed by atoms with Crippen molar-refractivity contribution >= 4 is 136 Å². The summed E-state index contributed by atoms with van der Waals surface area (Å²) in [7, 11) is 3.13. The second-order valence-electron chi connectivity index (χ2n) is 18.6. The number of piperazine rings is 2. The average molecular weight is 1270 g/mol. The number of aryl methyl sites for hydroxylation is 2. The summed E-state index contributed by atoms with van der Waals surface area (Å²) in [5.41, 5.74) is 10.2. The number of anilines is 2. The first-order valence-electron chi connectivity index (χ1n) is 26.2. The molecule has 10 rings (SSSR count). The fourth-order valence-electron chi connectivity index (χ4n) is 9.04. The van der Waals surface area contributed by atoms with Crippen molar-refractivity contribution in [1.82, 2.24) is 50.8 Å². The van der Waals surface area contributed by atoms with E-state index in [1.165, 1.54) is 0 Å². The molecule has 2 fully saturated rings. The molecule has 0 radical (unpaired) electrons. The molecular weight excluding hydrogens is 1210 g/mol. The third-order valence-corrected chi connectivity index (χ3v) is 16.1. The minimum absolute atomic E-state index is 0.0561. The number of halogens is 6. The van der Waals surface area contributed by atoms with Gasteiger partial charge in [0.15, 0.2) is 16.1 Å². The van der Waals surface area contributed by atoms with Gasteiger partial charge in [0.1, 0.15) is 22.8 Å². The van der Waals surface area contributed by atoms with Gasteiger partial charge in [-0.25, -0.2) is 24.9 Å². The molecular formula is C56H61BrCl5N13O6. The lowest BCUT2D eigenvalue weighted by Gasteiger charge is -2.36. The van der Waals surface area contributed by atoms with E-state index in [0.717, 1.165) is 91.6 Å². The molecule has 3 aromatic carbocycles. The SMILES string of the molecule is CCC1=Nc2ccc(CN3CCN(c4ccc(C(=O)NC)nc4Cl)CC3)c(Cl)c2CC1=O.CCc1nc2ccc(CBr)c(Cl)c2[nH]c1=O.CCc1nc2ccc(CO)c(Cl)c2[nH]c1=O.CNC(=O)c1ccc(N2CCNCC2)c(Cl)n1. The van der Waals surface area contributed by atoms with Crippen LogP contribution >= 0.6 is 73.9 Å². The maximum absolute atomic E-state index is 12.3. The summed E-state index contributed by atoms with van der Waals surface area (Å²) < 4.78 is 0. The van der Waals surface area contributed by atoms with E-state index in [1.807, 2.05) is 57.2 Å². The largest absolute Gasteiger partial charge is 0.392 e. The third-order valence-electron chi connectivity index (χ3n) is 13.6. The molecule has 0 atom stereocenters. The van der Waals surface area contributed by atoms with E-state index in [-0.39, 0.29) is 35.3 Å². The van der Waals surface area contributed by atoms with Crippen molar-refractivity contribution in [1.29, 1.82) is 0 Å². The fourth-order valence-corrected chi connectivity index (χ4v) is 11.0. The van der Waals surface area contributed by atoms with Crippen molar-refractivity contribution in [3.8, 4) is 0 Å². The number of H-pyrrole nitrogens is 2. The molecule has 0 unspecified atom stereocenters. The molecule has 19 nitrogen and oxygen atoms in total. The molecule has 0 bridgehead atoms. The number of carbonyl (C=O) groups is 3. The van der Waals surface area contributed by atoms with E-state index in [2.05, 4.69) is 81.5 Å². The number of Topliss-reactive ketones (excluding diaryl/α,β-unsaturated/α-hetero) is 1. The lowest BCUT2D eigenvalue weighted by molar-refractivity contribution is -0.112. The second-order valence-corrected chi connectivity index (χ2v) is 21.0. The second kappa shape index (κ2) is 29.3. The Balaban J connectivity index is 0.000000165. The molecule has 4 aromatic heterocycles. The number of pyridine rings is 2. The van der Waals surface area contributed by atoms with Gasteiger partial charge in [-0.05, 0) is 78.4 Å². The van der Waals surface area contributed by atoms with Crippen LogP contribution in [0, 0.1) is 0 Å². The quantitative estimate of drug-likeness (QED) is 0.0523. The maximum atomic E-state index is 12.3. The van der Waals surface area contributed by atoms with Crippen LogP contribution < -0.4 is 36.9 Å². The number of benzene rings is 3. The molecule has 0 aliphatic carbocycles. The molecule has 3 aliphatic heterocycles. The zero-order valence-electron chi connectivity index (χ0n) is 45.2. The van der Waals surface area contributed by atoms with Crippen molar-refractivity contribution < 1.29 is 19.5 Å². The van der Waals surface area contributed by atoms with Gasteiger partial charge in [0, 0.05) is 90.3 Å². The van der Waals surface area contributed by atoms with Gasteiger partial charge in [0.25, 0.3) is 22.9 Å². The normalized spacial score (nSPS) is 14.2. The highest BCUT2D eigenvalue weighted by molar-refractivity contribution is 9.08. The van der Waals surface area contributed by atoms with E-state index < -0.39 is 0 Å². The first-order valence-corrected chi connectivity index (χ1v) is 29.2. The van der Waals surface area contributed by atoms with Gasteiger partial charge >= 0.3 is 0 Å². The van der Waals surface area contributed by atoms with Crippen LogP contribution in [0.1, 0.15) is 81.8 Å². The molecule has 2 saturated heterocycles. The smallest absolute Gasteiger partial charge is 0.270 e. The van der Waals surface area contributed by atoms with Crippen LogP contribution in [-0.2, 0) is 42.5 Å². The minimum Gasteiger partial charge on any atom is -0.392 e. The number of aromatic nitrogens is 6. The first kappa shape index (κ1) is 62.5. The number of carbonyl (C=O) groups excluding carboxylic acids is 3. The molecule has 6 N–H and O–H groups in total. The number of aliphatic hydroxyl groups is 1. The van der Waals surface area contributed by atoms with Crippen LogP contribution in [-0.4, -0.2) is 130 Å². The molecule has 7 aromatic rings. The molecule has 3 aliphatic rings. The Bertz CT molecular complexity index is 3500. The molecule has 2 amide bonds. The van der Waals surface area contributed by atoms with Crippen molar-refractivity contribution in [3.63, 3.8) is 0 Å². The number of ketones is 1. The number of nitrogens with one attached hydrogen (secondary N) is 5. The van der Waals surface area contributed by atoms with Gasteiger partial charge < -0.3 is 40.8 Å². The predicted octanol–water partition coefficient (Wildman–Crippen LogP) is 8.85. The monoisotopic (exact) mass is 1270 g/mol. The Morgan fingerprint density at radius 3 is 1.58 bits per heavy atom. The Hall–Kier alpha value is -6.07. The summed E-state index contributed by atoms with van der Waals surface area (Å²) >= 11 is 34.7. The Labute approximate surface area is 501 Å². The van der Waals surface area contributed by atoms with E-state index in [0.29, 0.717) is 114 Å². The van der Waals surface area contributed by atoms with Gasteiger partial charge in [0.05, 0.1) is 66.5 Å². The number of aliphatic imine (C=N–C) groups is 1. The first-order chi connectivity index (χ1) is 39.0. The lowest BCUT2D eigenvalue weighted by atomic mass is 9.97. The summed E-state index contributed by atoms with van der Waals surface area (Å²) in [6, 6.07) is 18.3. The number of alkyl halides is 1. The van der Waals surface area contributed by atoms with Crippen molar-refractivity contribution in [2.24, 2.45) is 4.99 Å². The highest BCUT2D eigenvalue weighted by atomic mass is 79.9. The van der Waals surface area contributed by atoms with Crippen molar-refractivity contribution in [2.45, 2.75) is 64.9 Å². The van der Waals surface area contributed by atoms with E-state index >= 15 is 0 Å². The molecule has 25 heteroatoms. The van der Waals surface area contributed by atoms with E-state index in [1.54, 1.807) is 38.4 Å². The van der Waals surface area contributed by atoms with Crippen LogP contribution in [0.25, 0.3) is 22.1 Å². The average Bonchev–Trinajstić information content (AvgIpc) is 3.60. The predicted molar refractivity (Wildman–Crippen MR) is 327 cm³/mol. The van der Waals surface area contributed by atoms with Gasteiger partial charge in [-0.3, -0.25) is 28.9 Å². The number of hydrogen-bond acceptors (Lipinski definition) is 15. The minimum atomic E-state index is -0.261. The summed E-state index contributed by atoms with van der Waals surface area (Å²) in [4.78, 5) is 92.1. The number of nitrogens with zero attached hydrogens (tertiary/aromatic N) is 8. The fraction of sp³-hybridized carbons (Fsp3) is 0.357. The zero-order valence-corrected chi connectivity index (χ0v) is 50.6. The number of fused-ring (bicyclic) bond motifs is 3. The van der Waals surface area contributed by atoms with Gasteiger partial charge in [-0.1, -0.05) is 113 Å². The number of amides is 2. The molecule has 81 heavy (non-hydrogen) atoms. The molecule has 0 saturated carbocycles. The van der Waals surface area contributed by atoms with Crippen LogP contribution in [0.15, 0.2) is 75.2 Å². The van der Waals surface area contributed by atoms with Crippen LogP contribution in [0.5, 0.6) is 0 Å². The van der Waals surface area contributed by atoms with Crippen molar-refractivity contribution in [3.05, 3.63) is 152 Å². The Kier molecular flexibility index (Phi) is 22.6. The lowest BCUT2D eigenvalue weighted by Crippen LogP contribution is -2.46. The molecule has 7 heterocycles. The zero-order chi connectivity index (χ0) is 58.5. The molecule has 0 spiro atoms. The maximum Gasteiger partial charge on any atom is 0.270 e. The standard InChI is InChI=1S/C23H25Cl2N5O2.C11H10BrClN2O.C11H15ClN4O.C11H11ClN2O2/c1-3-16-20(31)12-15-17(27-16)5-4-14(21(15)24)13-29-8-10-30(11-9-29)19-7-6-18(23(32)26-2)28-22(19)25;1-2-7-11(16)15-10-8(14-7)4-3-6(5-12)9(10)13;1-13-11(17)8-2-3-9(10(12)15-8)16-6-4-14-5-7-16;1-2-7-11(16)14-10-8(13-7)4-3-6(5-15)9(10)12/h4-7H,3,8-13H2,1-2H3,(H,26,32);3-4H,2,5H2,1H3,(H,15,16);2-3,14H,4-7H2,1H3,(H,13,17);3-4,15H,2,5H2,1H3,(H,14,16). The number of aliphatic hydroxyl groups excluding tert-OH is 1. The summed E-state index contributed by atoms with van der Waals surface area (Å²) in [5, 5.41) is 20.3. The van der Waals surface area contributed by atoms with Gasteiger partial charge in [-0.15, -0.1) is 0 Å². The number of rotatable bonds is 11. The molecule has 428 valence electrons. The van der Waals surface area contributed by atoms with E-state index in [9.17, 15) is 24.0 Å². The van der Waals surface area contributed by atoms with Crippen LogP contribution in [0.3, 0.4) is 0 Å². The van der Waals surface area contributed by atoms with E-state index in [4.69, 9.17) is 63.1 Å². The Morgan fingerprint density at radius 2 is 1.11 bits per heavy atom. The number of aromatic amines is 2. The number of hydrogen-bond donors (Lipinski definition) is 6. The third kappa shape index (κ3) is 15.1. The van der Waals surface area contributed by atoms with Gasteiger partial charge in [-0.2, -0.15) is 0 Å². The Morgan fingerprint density at radius 1 is 0.617 bits per heavy atom. The van der Waals surface area contributed by atoms with Crippen molar-refractivity contribution in [2.75, 3.05) is 76.3 Å². The summed E-state index contributed by atoms with van der Waals surface area (Å²) in [5.74, 6) is -0.428. The van der Waals surface area contributed by atoms with Gasteiger partial charge in [0.2, 0.25) is 0 Å². The highest BCUT2D eigenvalue weighted by Gasteiger charge is 2.26. The van der Waals surface area contributed by atoms with Crippen LogP contribution in [0.4, 0.5) is 17.1 Å². The van der Waals surface area contributed by atoms with Crippen LogP contribution in [0.2, 0.25) is 25.4 Å². The summed E-state index contributed by atoms with van der Waals surface area (Å²) in [6.07, 6.45) is 2.14. The highest BCUT2D eigenvalue weighted by Crippen LogP contribution is 2.35. The topological polar surface area (TPSA) is 247 Å².